The van der Waals surface area contributed by atoms with Gasteiger partial charge in [0.25, 0.3) is 0 Å². The molecule has 2 aliphatic heterocycles. The number of hydrogen-bond donors (Lipinski definition) is 1. The van der Waals surface area contributed by atoms with Crippen molar-refractivity contribution >= 4 is 34.0 Å². The van der Waals surface area contributed by atoms with Crippen LogP contribution in [0.15, 0.2) is 17.5 Å². The van der Waals surface area contributed by atoms with Crippen molar-refractivity contribution in [2.45, 2.75) is 44.9 Å². The summed E-state index contributed by atoms with van der Waals surface area (Å²) < 4.78 is 4.65. The number of esters is 1. The number of nitrogens with zero attached hydrogens (tertiary/aromatic N) is 2. The van der Waals surface area contributed by atoms with Crippen LogP contribution in [0, 0.1) is 0 Å². The average molecular weight is 400 g/mol. The third-order valence-corrected chi connectivity index (χ3v) is 6.17. The summed E-state index contributed by atoms with van der Waals surface area (Å²) in [6.45, 7) is 1.69. The van der Waals surface area contributed by atoms with Gasteiger partial charge in [0.2, 0.25) is 5.91 Å². The second kappa shape index (κ2) is 8.31. The van der Waals surface area contributed by atoms with Crippen molar-refractivity contribution in [3.05, 3.63) is 28.6 Å². The van der Waals surface area contributed by atoms with E-state index >= 15 is 0 Å². The molecule has 1 N–H and O–H groups in total. The van der Waals surface area contributed by atoms with Crippen LogP contribution in [0.3, 0.4) is 0 Å². The van der Waals surface area contributed by atoms with Crippen LogP contribution in [0.5, 0.6) is 0 Å². The number of unbranched alkanes of at least 4 members (excludes halogenated alkanes) is 2. The Kier molecular flexibility index (Phi) is 5.62. The topological polar surface area (TPSA) is 71.5 Å². The van der Waals surface area contributed by atoms with Crippen LogP contribution < -0.4 is 10.2 Å². The van der Waals surface area contributed by atoms with E-state index in [1.165, 1.54) is 12.7 Å². The quantitative estimate of drug-likeness (QED) is 0.540. The number of carbonyl (C=O) groups is 2. The van der Waals surface area contributed by atoms with Gasteiger partial charge in [-0.15, -0.1) is 11.3 Å². The van der Waals surface area contributed by atoms with Gasteiger partial charge in [0.05, 0.1) is 24.9 Å². The molecule has 148 valence electrons. The van der Waals surface area contributed by atoms with E-state index in [4.69, 9.17) is 4.98 Å². The fourth-order valence-electron chi connectivity index (χ4n) is 3.98. The largest absolute Gasteiger partial charge is 0.469 e. The molecule has 1 aromatic heterocycles. The summed E-state index contributed by atoms with van der Waals surface area (Å²) in [5.74, 6) is 0.0802. The standard InChI is InChI=1S/C21H25N3O3S/c1-27-19(26)7-3-2-4-8-22-21-23-17(13-28-21)15-10-14-6-5-9-24-18(25)12-16(11-15)20(14)24/h10-11,13H,2-9,12H2,1H3,(H,22,23). The molecule has 0 fully saturated rings. The summed E-state index contributed by atoms with van der Waals surface area (Å²) >= 11 is 1.60. The zero-order chi connectivity index (χ0) is 19.5. The number of thiazole rings is 1. The van der Waals surface area contributed by atoms with E-state index in [2.05, 4.69) is 27.6 Å². The maximum absolute atomic E-state index is 12.2. The lowest BCUT2D eigenvalue weighted by molar-refractivity contribution is -0.140. The number of carbonyl (C=O) groups excluding carboxylic acids is 2. The molecule has 0 saturated carbocycles. The lowest BCUT2D eigenvalue weighted by Crippen LogP contribution is -2.31. The van der Waals surface area contributed by atoms with Crippen LogP contribution in [0.2, 0.25) is 0 Å². The van der Waals surface area contributed by atoms with E-state index in [1.54, 1.807) is 11.3 Å². The van der Waals surface area contributed by atoms with Crippen LogP contribution >= 0.6 is 11.3 Å². The Bertz CT molecular complexity index is 893. The number of ether oxygens (including phenoxy) is 1. The minimum Gasteiger partial charge on any atom is -0.469 e. The normalized spacial score (nSPS) is 14.9. The molecule has 3 heterocycles. The molecule has 0 unspecified atom stereocenters. The summed E-state index contributed by atoms with van der Waals surface area (Å²) in [4.78, 5) is 30.0. The lowest BCUT2D eigenvalue weighted by atomic mass is 9.96. The molecule has 0 saturated heterocycles. The van der Waals surface area contributed by atoms with Gasteiger partial charge in [-0.1, -0.05) is 6.42 Å². The summed E-state index contributed by atoms with van der Waals surface area (Å²) in [5, 5.41) is 6.36. The van der Waals surface area contributed by atoms with E-state index in [9.17, 15) is 9.59 Å². The first kappa shape index (κ1) is 18.9. The zero-order valence-corrected chi connectivity index (χ0v) is 16.9. The molecule has 0 spiro atoms. The molecule has 0 atom stereocenters. The van der Waals surface area contributed by atoms with Crippen LogP contribution in [-0.2, 0) is 27.2 Å². The van der Waals surface area contributed by atoms with Gasteiger partial charge in [0.1, 0.15) is 0 Å². The molecule has 0 bridgehead atoms. The van der Waals surface area contributed by atoms with Gasteiger partial charge in [-0.2, -0.15) is 0 Å². The summed E-state index contributed by atoms with van der Waals surface area (Å²) in [6.07, 6.45) is 5.88. The maximum atomic E-state index is 12.2. The van der Waals surface area contributed by atoms with Crippen LogP contribution in [-0.4, -0.2) is 37.1 Å². The Morgan fingerprint density at radius 3 is 3.00 bits per heavy atom. The molecule has 6 nitrogen and oxygen atoms in total. The number of nitrogens with one attached hydrogen (secondary N) is 1. The maximum Gasteiger partial charge on any atom is 0.305 e. The second-order valence-electron chi connectivity index (χ2n) is 7.32. The lowest BCUT2D eigenvalue weighted by Gasteiger charge is -2.25. The number of aryl methyl sites for hydroxylation is 1. The SMILES string of the molecule is COC(=O)CCCCCNc1nc(-c2cc3c4c(c2)CC(=O)N4CCC3)cs1. The third-order valence-electron chi connectivity index (χ3n) is 5.37. The first-order valence-corrected chi connectivity index (χ1v) is 10.8. The van der Waals surface area contributed by atoms with Gasteiger partial charge in [0.15, 0.2) is 5.13 Å². The number of benzene rings is 1. The minimum absolute atomic E-state index is 0.143. The number of rotatable bonds is 8. The highest BCUT2D eigenvalue weighted by Gasteiger charge is 2.32. The summed E-state index contributed by atoms with van der Waals surface area (Å²) in [5.41, 5.74) is 5.64. The fraction of sp³-hybridized carbons (Fsp3) is 0.476. The number of hydrogen-bond acceptors (Lipinski definition) is 6. The molecular weight excluding hydrogens is 374 g/mol. The summed E-state index contributed by atoms with van der Waals surface area (Å²) in [6, 6.07) is 4.34. The fourth-order valence-corrected chi connectivity index (χ4v) is 4.73. The van der Waals surface area contributed by atoms with E-state index in [1.807, 2.05) is 4.90 Å². The number of methoxy groups -OCH3 is 1. The number of aromatic nitrogens is 1. The third kappa shape index (κ3) is 3.90. The minimum atomic E-state index is -0.143. The Hall–Kier alpha value is -2.41. The van der Waals surface area contributed by atoms with Crippen molar-refractivity contribution in [2.75, 3.05) is 30.4 Å². The first-order valence-electron chi connectivity index (χ1n) is 9.88. The van der Waals surface area contributed by atoms with Gasteiger partial charge in [-0.05, 0) is 48.9 Å². The first-order chi connectivity index (χ1) is 13.7. The Morgan fingerprint density at radius 2 is 2.14 bits per heavy atom. The molecule has 0 radical (unpaired) electrons. The van der Waals surface area contributed by atoms with E-state index < -0.39 is 0 Å². The van der Waals surface area contributed by atoms with Gasteiger partial charge in [-0.25, -0.2) is 4.98 Å². The predicted molar refractivity (Wildman–Crippen MR) is 111 cm³/mol. The smallest absolute Gasteiger partial charge is 0.305 e. The molecule has 7 heteroatoms. The molecule has 4 rings (SSSR count). The van der Waals surface area contributed by atoms with E-state index in [0.717, 1.165) is 72.8 Å². The van der Waals surface area contributed by atoms with Gasteiger partial charge < -0.3 is 15.0 Å². The van der Waals surface area contributed by atoms with Crippen LogP contribution in [0.4, 0.5) is 10.8 Å². The molecule has 1 aromatic carbocycles. The molecular formula is C21H25N3O3S. The highest BCUT2D eigenvalue weighted by atomic mass is 32.1. The molecule has 2 aromatic rings. The Balaban J connectivity index is 1.36. The van der Waals surface area contributed by atoms with Crippen molar-refractivity contribution in [3.8, 4) is 11.3 Å². The van der Waals surface area contributed by atoms with Gasteiger partial charge >= 0.3 is 5.97 Å². The molecule has 28 heavy (non-hydrogen) atoms. The molecule has 1 amide bonds. The van der Waals surface area contributed by atoms with Crippen LogP contribution in [0.1, 0.15) is 43.2 Å². The highest BCUT2D eigenvalue weighted by Crippen LogP contribution is 2.40. The van der Waals surface area contributed by atoms with Gasteiger partial charge in [0, 0.05) is 30.5 Å². The van der Waals surface area contributed by atoms with Crippen molar-refractivity contribution in [3.63, 3.8) is 0 Å². The number of anilines is 2. The summed E-state index contributed by atoms with van der Waals surface area (Å²) in [7, 11) is 1.42. The van der Waals surface area contributed by atoms with E-state index in [-0.39, 0.29) is 11.9 Å². The van der Waals surface area contributed by atoms with E-state index in [0.29, 0.717) is 12.8 Å². The monoisotopic (exact) mass is 399 g/mol. The Morgan fingerprint density at radius 1 is 1.29 bits per heavy atom. The average Bonchev–Trinajstić information content (AvgIpc) is 3.30. The molecule has 2 aliphatic rings. The number of amides is 1. The highest BCUT2D eigenvalue weighted by molar-refractivity contribution is 7.14. The second-order valence-corrected chi connectivity index (χ2v) is 8.18. The van der Waals surface area contributed by atoms with Crippen LogP contribution in [0.25, 0.3) is 11.3 Å². The van der Waals surface area contributed by atoms with Crippen molar-refractivity contribution < 1.29 is 14.3 Å². The van der Waals surface area contributed by atoms with Crippen molar-refractivity contribution in [1.29, 1.82) is 0 Å². The predicted octanol–water partition coefficient (Wildman–Crippen LogP) is 3.79. The van der Waals surface area contributed by atoms with Crippen molar-refractivity contribution in [2.24, 2.45) is 0 Å². The van der Waals surface area contributed by atoms with Crippen molar-refractivity contribution in [1.82, 2.24) is 4.98 Å². The van der Waals surface area contributed by atoms with Gasteiger partial charge in [-0.3, -0.25) is 9.59 Å². The zero-order valence-electron chi connectivity index (χ0n) is 16.1. The Labute approximate surface area is 168 Å². The molecule has 0 aliphatic carbocycles.